The molecule has 0 radical (unpaired) electrons. The highest BCUT2D eigenvalue weighted by Gasteiger charge is 2.21. The molecule has 1 rings (SSSR count). The van der Waals surface area contributed by atoms with Crippen LogP contribution in [-0.4, -0.2) is 53.5 Å². The second-order valence-electron chi connectivity index (χ2n) is 5.12. The van der Waals surface area contributed by atoms with E-state index in [-0.39, 0.29) is 12.6 Å². The van der Waals surface area contributed by atoms with Gasteiger partial charge < -0.3 is 14.8 Å². The summed E-state index contributed by atoms with van der Waals surface area (Å²) in [5.41, 5.74) is 0.408. The number of carbonyl (C=O) groups is 1. The molecule has 0 aliphatic heterocycles. The van der Waals surface area contributed by atoms with Gasteiger partial charge in [0.15, 0.2) is 0 Å². The van der Waals surface area contributed by atoms with E-state index in [9.17, 15) is 13.2 Å². The molecule has 0 unspecified atom stereocenters. The number of amides is 1. The van der Waals surface area contributed by atoms with Crippen molar-refractivity contribution in [2.75, 3.05) is 37.4 Å². The van der Waals surface area contributed by atoms with Crippen molar-refractivity contribution < 1.29 is 22.7 Å². The van der Waals surface area contributed by atoms with Crippen molar-refractivity contribution >= 4 is 21.6 Å². The van der Waals surface area contributed by atoms with Gasteiger partial charge in [-0.1, -0.05) is 0 Å². The maximum Gasteiger partial charge on any atom is 0.241 e. The number of rotatable bonds is 9. The highest BCUT2D eigenvalue weighted by molar-refractivity contribution is 7.92. The van der Waals surface area contributed by atoms with Gasteiger partial charge in [0.2, 0.25) is 15.9 Å². The molecule has 0 fully saturated rings. The maximum atomic E-state index is 12.0. The summed E-state index contributed by atoms with van der Waals surface area (Å²) in [4.78, 5) is 12.0. The molecule has 8 heteroatoms. The Morgan fingerprint density at radius 1 is 1.30 bits per heavy atom. The Labute approximate surface area is 137 Å². The van der Waals surface area contributed by atoms with E-state index >= 15 is 0 Å². The van der Waals surface area contributed by atoms with Crippen molar-refractivity contribution in [1.82, 2.24) is 5.32 Å². The van der Waals surface area contributed by atoms with Gasteiger partial charge in [0.1, 0.15) is 12.3 Å². The molecule has 130 valence electrons. The van der Waals surface area contributed by atoms with Crippen LogP contribution in [0.5, 0.6) is 5.75 Å². The first-order valence-electron chi connectivity index (χ1n) is 7.26. The van der Waals surface area contributed by atoms with Gasteiger partial charge >= 0.3 is 0 Å². The van der Waals surface area contributed by atoms with E-state index in [1.54, 1.807) is 31.2 Å². The predicted molar refractivity (Wildman–Crippen MR) is 89.3 cm³/mol. The fourth-order valence-electron chi connectivity index (χ4n) is 2.02. The zero-order chi connectivity index (χ0) is 17.5. The summed E-state index contributed by atoms with van der Waals surface area (Å²) in [6.45, 7) is 4.23. The summed E-state index contributed by atoms with van der Waals surface area (Å²) in [7, 11) is -2.05. The fourth-order valence-corrected chi connectivity index (χ4v) is 2.87. The molecule has 1 atom stereocenters. The predicted octanol–water partition coefficient (Wildman–Crippen LogP) is 1.00. The number of nitrogens with zero attached hydrogens (tertiary/aromatic N) is 1. The average molecular weight is 344 g/mol. The van der Waals surface area contributed by atoms with Crippen LogP contribution >= 0.6 is 0 Å². The number of anilines is 1. The molecule has 23 heavy (non-hydrogen) atoms. The molecule has 1 N–H and O–H groups in total. The number of methoxy groups -OCH3 is 1. The molecule has 1 aromatic carbocycles. The number of ether oxygens (including phenoxy) is 2. The van der Waals surface area contributed by atoms with E-state index in [1.807, 2.05) is 6.92 Å². The summed E-state index contributed by atoms with van der Waals surface area (Å²) in [5.74, 6) is 0.247. The number of hydrogen-bond donors (Lipinski definition) is 1. The molecule has 1 amide bonds. The van der Waals surface area contributed by atoms with Gasteiger partial charge in [-0.05, 0) is 38.1 Å². The summed E-state index contributed by atoms with van der Waals surface area (Å²) in [6, 6.07) is 6.36. The summed E-state index contributed by atoms with van der Waals surface area (Å²) in [5, 5.41) is 2.69. The molecular weight excluding hydrogens is 320 g/mol. The Balaban J connectivity index is 2.87. The molecule has 0 aliphatic rings. The first-order chi connectivity index (χ1) is 10.8. The van der Waals surface area contributed by atoms with E-state index < -0.39 is 15.9 Å². The van der Waals surface area contributed by atoms with Crippen LogP contribution in [0.2, 0.25) is 0 Å². The Morgan fingerprint density at radius 2 is 1.91 bits per heavy atom. The Hall–Kier alpha value is -1.80. The van der Waals surface area contributed by atoms with Gasteiger partial charge in [-0.15, -0.1) is 0 Å². The van der Waals surface area contributed by atoms with Crippen molar-refractivity contribution in [3.8, 4) is 5.75 Å². The largest absolute Gasteiger partial charge is 0.494 e. The number of carbonyl (C=O) groups excluding carboxylic acids is 1. The third-order valence-corrected chi connectivity index (χ3v) is 4.09. The van der Waals surface area contributed by atoms with Gasteiger partial charge in [0, 0.05) is 13.2 Å². The van der Waals surface area contributed by atoms with Crippen LogP contribution in [0.1, 0.15) is 13.8 Å². The second-order valence-corrected chi connectivity index (χ2v) is 7.03. The molecule has 0 saturated heterocycles. The van der Waals surface area contributed by atoms with Gasteiger partial charge in [0.05, 0.1) is 25.2 Å². The van der Waals surface area contributed by atoms with Crippen LogP contribution in [0.4, 0.5) is 5.69 Å². The van der Waals surface area contributed by atoms with Crippen molar-refractivity contribution in [2.24, 2.45) is 0 Å². The quantitative estimate of drug-likeness (QED) is 0.722. The Morgan fingerprint density at radius 3 is 2.39 bits per heavy atom. The maximum absolute atomic E-state index is 12.0. The van der Waals surface area contributed by atoms with Crippen LogP contribution in [0, 0.1) is 0 Å². The fraction of sp³-hybridized carbons (Fsp3) is 0.533. The lowest BCUT2D eigenvalue weighted by atomic mass is 10.3. The lowest BCUT2D eigenvalue weighted by molar-refractivity contribution is -0.120. The molecule has 0 bridgehead atoms. The summed E-state index contributed by atoms with van der Waals surface area (Å²) >= 11 is 0. The third-order valence-electron chi connectivity index (χ3n) is 2.95. The Bertz CT molecular complexity index is 601. The molecule has 0 spiro atoms. The zero-order valence-electron chi connectivity index (χ0n) is 13.9. The highest BCUT2D eigenvalue weighted by Crippen LogP contribution is 2.21. The van der Waals surface area contributed by atoms with Crippen molar-refractivity contribution in [3.05, 3.63) is 24.3 Å². The minimum absolute atomic E-state index is 0.200. The normalized spacial score (nSPS) is 12.5. The smallest absolute Gasteiger partial charge is 0.241 e. The van der Waals surface area contributed by atoms with Crippen LogP contribution < -0.4 is 14.4 Å². The van der Waals surface area contributed by atoms with Crippen LogP contribution in [0.15, 0.2) is 24.3 Å². The molecule has 0 aliphatic carbocycles. The van der Waals surface area contributed by atoms with Crippen molar-refractivity contribution in [3.63, 3.8) is 0 Å². The molecular formula is C15H24N2O5S. The minimum Gasteiger partial charge on any atom is -0.494 e. The van der Waals surface area contributed by atoms with Crippen LogP contribution in [0.25, 0.3) is 0 Å². The highest BCUT2D eigenvalue weighted by atomic mass is 32.2. The minimum atomic E-state index is -3.59. The molecule has 0 aromatic heterocycles. The zero-order valence-corrected chi connectivity index (χ0v) is 14.7. The first kappa shape index (κ1) is 19.2. The Kier molecular flexibility index (Phi) is 7.31. The molecule has 0 heterocycles. The number of benzene rings is 1. The van der Waals surface area contributed by atoms with Gasteiger partial charge in [-0.2, -0.15) is 0 Å². The topological polar surface area (TPSA) is 84.9 Å². The lowest BCUT2D eigenvalue weighted by Crippen LogP contribution is -2.44. The van der Waals surface area contributed by atoms with Crippen LogP contribution in [-0.2, 0) is 19.6 Å². The summed E-state index contributed by atoms with van der Waals surface area (Å²) in [6.07, 6.45) is 1.06. The van der Waals surface area contributed by atoms with E-state index in [0.29, 0.717) is 24.7 Å². The third kappa shape index (κ3) is 6.45. The van der Waals surface area contributed by atoms with Crippen molar-refractivity contribution in [2.45, 2.75) is 19.9 Å². The lowest BCUT2D eigenvalue weighted by Gasteiger charge is -2.23. The average Bonchev–Trinajstić information content (AvgIpc) is 2.45. The SMILES string of the molecule is CCOc1ccc(N(CC(=O)N[C@H](C)COC)S(C)(=O)=O)cc1. The monoisotopic (exact) mass is 344 g/mol. The van der Waals surface area contributed by atoms with Gasteiger partial charge in [-0.3, -0.25) is 9.10 Å². The van der Waals surface area contributed by atoms with E-state index in [1.165, 1.54) is 7.11 Å². The standard InChI is InChI=1S/C15H24N2O5S/c1-5-22-14-8-6-13(7-9-14)17(23(4,19)20)10-15(18)16-12(2)11-21-3/h6-9,12H,5,10-11H2,1-4H3,(H,16,18)/t12-/m1/s1. The van der Waals surface area contributed by atoms with E-state index in [4.69, 9.17) is 9.47 Å². The van der Waals surface area contributed by atoms with E-state index in [2.05, 4.69) is 5.32 Å². The van der Waals surface area contributed by atoms with Gasteiger partial charge in [-0.25, -0.2) is 8.42 Å². The number of hydrogen-bond acceptors (Lipinski definition) is 5. The molecule has 1 aromatic rings. The van der Waals surface area contributed by atoms with Gasteiger partial charge in [0.25, 0.3) is 0 Å². The van der Waals surface area contributed by atoms with Crippen LogP contribution in [0.3, 0.4) is 0 Å². The second kappa shape index (κ2) is 8.73. The number of sulfonamides is 1. The van der Waals surface area contributed by atoms with E-state index in [0.717, 1.165) is 10.6 Å². The van der Waals surface area contributed by atoms with Crippen molar-refractivity contribution in [1.29, 1.82) is 0 Å². The summed E-state index contributed by atoms with van der Waals surface area (Å²) < 4.78 is 35.3. The molecule has 7 nitrogen and oxygen atoms in total. The molecule has 0 saturated carbocycles. The number of nitrogens with one attached hydrogen (secondary N) is 1. The first-order valence-corrected chi connectivity index (χ1v) is 9.11.